The largest absolute Gasteiger partial charge is 0.295 e. The number of hydrogen-bond donors (Lipinski definition) is 0. The molecule has 0 spiro atoms. The molecule has 4 rings (SSSR count). The van der Waals surface area contributed by atoms with E-state index in [1.165, 1.54) is 23.6 Å². The highest BCUT2D eigenvalue weighted by Gasteiger charge is 2.13. The summed E-state index contributed by atoms with van der Waals surface area (Å²) in [6.07, 6.45) is 4.86. The van der Waals surface area contributed by atoms with Crippen LogP contribution in [0.3, 0.4) is 0 Å². The molecule has 0 unspecified atom stereocenters. The second-order valence-corrected chi connectivity index (χ2v) is 9.44. The first-order valence-corrected chi connectivity index (χ1v) is 11.6. The molecule has 148 valence electrons. The lowest BCUT2D eigenvalue weighted by molar-refractivity contribution is 0.602. The third-order valence-electron chi connectivity index (χ3n) is 4.26. The fourth-order valence-corrected chi connectivity index (χ4v) is 4.34. The second-order valence-electron chi connectivity index (χ2n) is 6.48. The average molecular weight is 427 g/mol. The standard InChI is InChI=1S/C19H18N6O2S2/c1-14-4-3-5-16(12-14)24-11-10-20-19(24)28-13-18-21-22-23-25(18)15-6-8-17(9-7-15)29(2,26)27/h3-12H,13H2,1-2H3. The van der Waals surface area contributed by atoms with E-state index >= 15 is 0 Å². The van der Waals surface area contributed by atoms with Crippen LogP contribution >= 0.6 is 11.8 Å². The lowest BCUT2D eigenvalue weighted by Crippen LogP contribution is -2.04. The first kappa shape index (κ1) is 19.3. The van der Waals surface area contributed by atoms with Crippen LogP contribution < -0.4 is 0 Å². The minimum atomic E-state index is -3.25. The third kappa shape index (κ3) is 4.22. The molecule has 0 saturated carbocycles. The lowest BCUT2D eigenvalue weighted by Gasteiger charge is -2.08. The van der Waals surface area contributed by atoms with Gasteiger partial charge in [-0.05, 0) is 59.3 Å². The minimum absolute atomic E-state index is 0.255. The number of nitrogens with zero attached hydrogens (tertiary/aromatic N) is 6. The van der Waals surface area contributed by atoms with Crippen molar-refractivity contribution in [2.24, 2.45) is 0 Å². The Morgan fingerprint density at radius 2 is 1.86 bits per heavy atom. The fraction of sp³-hybridized carbons (Fsp3) is 0.158. The number of thioether (sulfide) groups is 1. The summed E-state index contributed by atoms with van der Waals surface area (Å²) >= 11 is 1.52. The van der Waals surface area contributed by atoms with Gasteiger partial charge in [0.2, 0.25) is 0 Å². The molecule has 0 aliphatic heterocycles. The summed E-state index contributed by atoms with van der Waals surface area (Å²) in [6, 6.07) is 14.7. The maximum atomic E-state index is 11.6. The van der Waals surface area contributed by atoms with E-state index in [2.05, 4.69) is 39.6 Å². The minimum Gasteiger partial charge on any atom is -0.295 e. The molecule has 2 aromatic heterocycles. The summed E-state index contributed by atoms with van der Waals surface area (Å²) in [6.45, 7) is 2.05. The molecular formula is C19H18N6O2S2. The van der Waals surface area contributed by atoms with E-state index in [0.29, 0.717) is 17.3 Å². The van der Waals surface area contributed by atoms with Crippen LogP contribution in [-0.4, -0.2) is 44.4 Å². The number of hydrogen-bond acceptors (Lipinski definition) is 7. The van der Waals surface area contributed by atoms with E-state index in [-0.39, 0.29) is 4.90 Å². The Labute approximate surface area is 172 Å². The summed E-state index contributed by atoms with van der Waals surface area (Å²) in [5.74, 6) is 1.14. The molecule has 0 aliphatic rings. The van der Waals surface area contributed by atoms with Gasteiger partial charge in [0, 0.05) is 24.3 Å². The Hall–Kier alpha value is -2.98. The van der Waals surface area contributed by atoms with Crippen molar-refractivity contribution in [1.29, 1.82) is 0 Å². The van der Waals surface area contributed by atoms with Crippen LogP contribution in [-0.2, 0) is 15.6 Å². The lowest BCUT2D eigenvalue weighted by atomic mass is 10.2. The molecule has 0 radical (unpaired) electrons. The summed E-state index contributed by atoms with van der Waals surface area (Å²) in [7, 11) is -3.25. The number of benzene rings is 2. The van der Waals surface area contributed by atoms with Gasteiger partial charge in [-0.25, -0.2) is 13.4 Å². The number of aryl methyl sites for hydroxylation is 1. The highest BCUT2D eigenvalue weighted by Crippen LogP contribution is 2.24. The maximum absolute atomic E-state index is 11.6. The van der Waals surface area contributed by atoms with Crippen LogP contribution in [0, 0.1) is 6.92 Å². The van der Waals surface area contributed by atoms with Crippen LogP contribution in [0.5, 0.6) is 0 Å². The van der Waals surface area contributed by atoms with Crippen molar-refractivity contribution >= 4 is 21.6 Å². The van der Waals surface area contributed by atoms with Gasteiger partial charge in [-0.15, -0.1) is 5.10 Å². The van der Waals surface area contributed by atoms with Crippen LogP contribution in [0.25, 0.3) is 11.4 Å². The predicted molar refractivity (Wildman–Crippen MR) is 110 cm³/mol. The van der Waals surface area contributed by atoms with Crippen LogP contribution in [0.4, 0.5) is 0 Å². The van der Waals surface area contributed by atoms with Crippen LogP contribution in [0.2, 0.25) is 0 Å². The summed E-state index contributed by atoms with van der Waals surface area (Å²) in [5.41, 5.74) is 2.91. The van der Waals surface area contributed by atoms with Gasteiger partial charge in [0.1, 0.15) is 0 Å². The van der Waals surface area contributed by atoms with Gasteiger partial charge in [-0.1, -0.05) is 23.9 Å². The third-order valence-corrected chi connectivity index (χ3v) is 6.35. The smallest absolute Gasteiger partial charge is 0.175 e. The Bertz CT molecular complexity index is 1250. The number of sulfone groups is 1. The number of rotatable bonds is 6. The Morgan fingerprint density at radius 3 is 2.59 bits per heavy atom. The van der Waals surface area contributed by atoms with E-state index in [1.54, 1.807) is 35.1 Å². The Kier molecular flexibility index (Phi) is 5.20. The van der Waals surface area contributed by atoms with Crippen LogP contribution in [0.15, 0.2) is 71.0 Å². The summed E-state index contributed by atoms with van der Waals surface area (Å²) in [5, 5.41) is 12.7. The average Bonchev–Trinajstić information content (AvgIpc) is 3.35. The molecule has 0 fully saturated rings. The molecule has 0 atom stereocenters. The first-order chi connectivity index (χ1) is 13.9. The van der Waals surface area contributed by atoms with Gasteiger partial charge < -0.3 is 0 Å². The molecule has 0 N–H and O–H groups in total. The van der Waals surface area contributed by atoms with E-state index in [0.717, 1.165) is 10.8 Å². The maximum Gasteiger partial charge on any atom is 0.175 e. The number of tetrazole rings is 1. The van der Waals surface area contributed by atoms with Crippen molar-refractivity contribution in [3.05, 3.63) is 72.3 Å². The van der Waals surface area contributed by atoms with Crippen LogP contribution in [0.1, 0.15) is 11.4 Å². The van der Waals surface area contributed by atoms with Crippen molar-refractivity contribution in [3.63, 3.8) is 0 Å². The molecule has 0 bridgehead atoms. The normalized spacial score (nSPS) is 11.7. The molecule has 8 nitrogen and oxygen atoms in total. The molecule has 0 saturated heterocycles. The van der Waals surface area contributed by atoms with E-state index < -0.39 is 9.84 Å². The van der Waals surface area contributed by atoms with Gasteiger partial charge in [0.25, 0.3) is 0 Å². The summed E-state index contributed by atoms with van der Waals surface area (Å²) < 4.78 is 26.9. The van der Waals surface area contributed by atoms with Crippen molar-refractivity contribution < 1.29 is 8.42 Å². The zero-order chi connectivity index (χ0) is 20.4. The molecule has 2 heterocycles. The van der Waals surface area contributed by atoms with Gasteiger partial charge in [0.05, 0.1) is 16.3 Å². The van der Waals surface area contributed by atoms with Gasteiger partial charge in [-0.3, -0.25) is 4.57 Å². The van der Waals surface area contributed by atoms with Gasteiger partial charge in [-0.2, -0.15) is 4.68 Å². The molecule has 2 aromatic carbocycles. The number of imidazole rings is 1. The van der Waals surface area contributed by atoms with Crippen molar-refractivity contribution in [2.45, 2.75) is 22.7 Å². The van der Waals surface area contributed by atoms with Gasteiger partial charge >= 0.3 is 0 Å². The van der Waals surface area contributed by atoms with Crippen molar-refractivity contribution in [2.75, 3.05) is 6.26 Å². The van der Waals surface area contributed by atoms with E-state index in [1.807, 2.05) is 22.9 Å². The molecule has 4 aromatic rings. The molecule has 10 heteroatoms. The Balaban J connectivity index is 1.55. The van der Waals surface area contributed by atoms with Gasteiger partial charge in [0.15, 0.2) is 20.8 Å². The SMILES string of the molecule is Cc1cccc(-n2ccnc2SCc2nnnn2-c2ccc(S(C)(=O)=O)cc2)c1. The quantitative estimate of drug-likeness (QED) is 0.438. The zero-order valence-corrected chi connectivity index (χ0v) is 17.4. The summed E-state index contributed by atoms with van der Waals surface area (Å²) in [4.78, 5) is 4.70. The monoisotopic (exact) mass is 426 g/mol. The molecular weight excluding hydrogens is 408 g/mol. The first-order valence-electron chi connectivity index (χ1n) is 8.73. The second kappa shape index (κ2) is 7.80. The zero-order valence-electron chi connectivity index (χ0n) is 15.8. The fourth-order valence-electron chi connectivity index (χ4n) is 2.83. The molecule has 0 aliphatic carbocycles. The van der Waals surface area contributed by atoms with E-state index in [9.17, 15) is 8.42 Å². The topological polar surface area (TPSA) is 95.6 Å². The van der Waals surface area contributed by atoms with Crippen molar-refractivity contribution in [3.8, 4) is 11.4 Å². The highest BCUT2D eigenvalue weighted by molar-refractivity contribution is 7.98. The highest BCUT2D eigenvalue weighted by atomic mass is 32.2. The predicted octanol–water partition coefficient (Wildman–Crippen LogP) is 2.85. The van der Waals surface area contributed by atoms with Crippen molar-refractivity contribution in [1.82, 2.24) is 29.8 Å². The number of aromatic nitrogens is 6. The molecule has 29 heavy (non-hydrogen) atoms. The Morgan fingerprint density at radius 1 is 1.07 bits per heavy atom. The van der Waals surface area contributed by atoms with E-state index in [4.69, 9.17) is 0 Å². The molecule has 0 amide bonds.